The molecule has 3 rings (SSSR count). The molecule has 1 N–H and O–H groups in total. The summed E-state index contributed by atoms with van der Waals surface area (Å²) in [4.78, 5) is 12.6. The Bertz CT molecular complexity index is 1160. The van der Waals surface area contributed by atoms with Crippen LogP contribution < -0.4 is 14.8 Å². The molecule has 0 saturated carbocycles. The maximum Gasteiger partial charge on any atom is 0.266 e. The summed E-state index contributed by atoms with van der Waals surface area (Å²) in [5.41, 5.74) is 2.96. The van der Waals surface area contributed by atoms with Crippen LogP contribution in [0.2, 0.25) is 0 Å². The Hall–Kier alpha value is -4.11. The first-order valence-electron chi connectivity index (χ1n) is 10.1. The molecule has 0 spiro atoms. The van der Waals surface area contributed by atoms with Gasteiger partial charge in [0.1, 0.15) is 24.1 Å². The molecule has 0 aliphatic carbocycles. The molecule has 0 aromatic heterocycles. The number of hydrogen-bond acceptors (Lipinski definition) is 4. The summed E-state index contributed by atoms with van der Waals surface area (Å²) in [6.07, 6.45) is 1.50. The number of para-hydroxylation sites is 1. The van der Waals surface area contributed by atoms with Gasteiger partial charge in [0.25, 0.3) is 5.91 Å². The molecule has 0 radical (unpaired) electrons. The number of ether oxygens (including phenoxy) is 2. The summed E-state index contributed by atoms with van der Waals surface area (Å²) in [6.45, 7) is 4.39. The molecule has 3 aromatic rings. The molecule has 3 aromatic carbocycles. The molecule has 6 heteroatoms. The van der Waals surface area contributed by atoms with Gasteiger partial charge < -0.3 is 14.8 Å². The van der Waals surface area contributed by atoms with Crippen LogP contribution in [0.3, 0.4) is 0 Å². The quantitative estimate of drug-likeness (QED) is 0.370. The molecule has 32 heavy (non-hydrogen) atoms. The fourth-order valence-electron chi connectivity index (χ4n) is 2.96. The molecule has 1 amide bonds. The lowest BCUT2D eigenvalue weighted by atomic mass is 10.1. The highest BCUT2D eigenvalue weighted by Gasteiger charge is 2.12. The summed E-state index contributed by atoms with van der Waals surface area (Å²) in [7, 11) is 0. The predicted octanol–water partition coefficient (Wildman–Crippen LogP) is 5.66. The Morgan fingerprint density at radius 2 is 1.81 bits per heavy atom. The van der Waals surface area contributed by atoms with Crippen molar-refractivity contribution in [2.45, 2.75) is 20.5 Å². The zero-order chi connectivity index (χ0) is 22.9. The molecule has 0 saturated heterocycles. The maximum absolute atomic E-state index is 13.1. The van der Waals surface area contributed by atoms with E-state index in [-0.39, 0.29) is 18.0 Å². The summed E-state index contributed by atoms with van der Waals surface area (Å²) >= 11 is 0. The van der Waals surface area contributed by atoms with E-state index in [2.05, 4.69) is 5.32 Å². The zero-order valence-corrected chi connectivity index (χ0v) is 17.9. The number of rotatable bonds is 8. The fourth-order valence-corrected chi connectivity index (χ4v) is 2.96. The Kier molecular flexibility index (Phi) is 7.60. The smallest absolute Gasteiger partial charge is 0.266 e. The van der Waals surface area contributed by atoms with E-state index in [1.807, 2.05) is 38.1 Å². The molecule has 0 fully saturated rings. The number of aryl methyl sites for hydroxylation is 1. The lowest BCUT2D eigenvalue weighted by Gasteiger charge is -2.13. The number of anilines is 1. The Morgan fingerprint density at radius 1 is 1.06 bits per heavy atom. The van der Waals surface area contributed by atoms with Crippen LogP contribution in [0.4, 0.5) is 10.1 Å². The topological polar surface area (TPSA) is 71.3 Å². The third kappa shape index (κ3) is 5.96. The third-order valence-corrected chi connectivity index (χ3v) is 4.64. The van der Waals surface area contributed by atoms with Crippen LogP contribution in [0.5, 0.6) is 11.5 Å². The van der Waals surface area contributed by atoms with Gasteiger partial charge in [-0.25, -0.2) is 4.39 Å². The van der Waals surface area contributed by atoms with Crippen molar-refractivity contribution < 1.29 is 18.7 Å². The number of hydrogen-bond donors (Lipinski definition) is 1. The van der Waals surface area contributed by atoms with Gasteiger partial charge in [-0.3, -0.25) is 4.79 Å². The highest BCUT2D eigenvalue weighted by molar-refractivity contribution is 6.10. The monoisotopic (exact) mass is 430 g/mol. The highest BCUT2D eigenvalue weighted by atomic mass is 19.1. The lowest BCUT2D eigenvalue weighted by molar-refractivity contribution is -0.112. The van der Waals surface area contributed by atoms with Crippen LogP contribution in [0.25, 0.3) is 6.08 Å². The van der Waals surface area contributed by atoms with Crippen LogP contribution in [0.1, 0.15) is 23.6 Å². The molecule has 0 atom stereocenters. The van der Waals surface area contributed by atoms with Gasteiger partial charge in [0.05, 0.1) is 6.61 Å². The van der Waals surface area contributed by atoms with Gasteiger partial charge in [-0.15, -0.1) is 0 Å². The number of carbonyl (C=O) groups is 1. The van der Waals surface area contributed by atoms with Crippen molar-refractivity contribution in [3.8, 4) is 17.6 Å². The first kappa shape index (κ1) is 22.6. The van der Waals surface area contributed by atoms with E-state index < -0.39 is 5.91 Å². The fraction of sp³-hybridized carbons (Fsp3) is 0.154. The number of nitriles is 1. The minimum Gasteiger partial charge on any atom is -0.490 e. The van der Waals surface area contributed by atoms with Crippen molar-refractivity contribution in [1.82, 2.24) is 0 Å². The second-order valence-electron chi connectivity index (χ2n) is 6.99. The van der Waals surface area contributed by atoms with Crippen LogP contribution in [0, 0.1) is 24.1 Å². The van der Waals surface area contributed by atoms with Crippen molar-refractivity contribution in [2.24, 2.45) is 0 Å². The van der Waals surface area contributed by atoms with Gasteiger partial charge in [-0.05, 0) is 66.9 Å². The van der Waals surface area contributed by atoms with E-state index in [4.69, 9.17) is 9.47 Å². The first-order chi connectivity index (χ1) is 15.5. The molecule has 5 nitrogen and oxygen atoms in total. The van der Waals surface area contributed by atoms with Gasteiger partial charge in [0.2, 0.25) is 0 Å². The second-order valence-corrected chi connectivity index (χ2v) is 6.99. The second kappa shape index (κ2) is 10.8. The van der Waals surface area contributed by atoms with Crippen molar-refractivity contribution >= 4 is 17.7 Å². The molecule has 0 aliphatic rings. The molecule has 0 bridgehead atoms. The zero-order valence-electron chi connectivity index (χ0n) is 17.9. The van der Waals surface area contributed by atoms with Gasteiger partial charge >= 0.3 is 0 Å². The minimum atomic E-state index is -0.489. The van der Waals surface area contributed by atoms with Crippen LogP contribution >= 0.6 is 0 Å². The molecular formula is C26H23FN2O3. The van der Waals surface area contributed by atoms with E-state index in [9.17, 15) is 14.4 Å². The molecule has 162 valence electrons. The van der Waals surface area contributed by atoms with Crippen molar-refractivity contribution in [3.05, 3.63) is 94.8 Å². The standard InChI is InChI=1S/C26H23FN2O3/c1-3-31-25-15-20(10-13-24(25)32-17-19-8-11-22(27)12-9-19)14-21(16-28)26(30)29-23-7-5-4-6-18(23)2/h4-15H,3,17H2,1-2H3,(H,29,30)/b21-14-. The maximum atomic E-state index is 13.1. The number of carbonyl (C=O) groups excluding carboxylic acids is 1. The molecule has 0 unspecified atom stereocenters. The van der Waals surface area contributed by atoms with E-state index in [0.717, 1.165) is 11.1 Å². The van der Waals surface area contributed by atoms with Crippen LogP contribution in [-0.4, -0.2) is 12.5 Å². The van der Waals surface area contributed by atoms with E-state index in [1.165, 1.54) is 18.2 Å². The summed E-state index contributed by atoms with van der Waals surface area (Å²) in [5, 5.41) is 12.3. The normalized spacial score (nSPS) is 10.9. The largest absolute Gasteiger partial charge is 0.490 e. The van der Waals surface area contributed by atoms with Crippen molar-refractivity contribution in [1.29, 1.82) is 5.26 Å². The van der Waals surface area contributed by atoms with Crippen LogP contribution in [0.15, 0.2) is 72.3 Å². The van der Waals surface area contributed by atoms with Gasteiger partial charge in [-0.2, -0.15) is 5.26 Å². The van der Waals surface area contributed by atoms with Crippen LogP contribution in [-0.2, 0) is 11.4 Å². The molecule has 0 aliphatic heterocycles. The third-order valence-electron chi connectivity index (χ3n) is 4.64. The summed E-state index contributed by atoms with van der Waals surface area (Å²) in [5.74, 6) is 0.201. The summed E-state index contributed by atoms with van der Waals surface area (Å²) < 4.78 is 24.6. The summed E-state index contributed by atoms with van der Waals surface area (Å²) in [6, 6.07) is 20.5. The predicted molar refractivity (Wildman–Crippen MR) is 122 cm³/mol. The molecular weight excluding hydrogens is 407 g/mol. The first-order valence-corrected chi connectivity index (χ1v) is 10.1. The lowest BCUT2D eigenvalue weighted by Crippen LogP contribution is -2.14. The number of nitrogens with one attached hydrogen (secondary N) is 1. The van der Waals surface area contributed by atoms with E-state index in [1.54, 1.807) is 36.4 Å². The number of nitrogens with zero attached hydrogens (tertiary/aromatic N) is 1. The Morgan fingerprint density at radius 3 is 2.50 bits per heavy atom. The van der Waals surface area contributed by atoms with Crippen molar-refractivity contribution in [2.75, 3.05) is 11.9 Å². The number of amides is 1. The Labute approximate surface area is 186 Å². The van der Waals surface area contributed by atoms with Gasteiger partial charge in [0.15, 0.2) is 11.5 Å². The van der Waals surface area contributed by atoms with E-state index >= 15 is 0 Å². The minimum absolute atomic E-state index is 0.0318. The van der Waals surface area contributed by atoms with E-state index in [0.29, 0.717) is 29.4 Å². The van der Waals surface area contributed by atoms with Gasteiger partial charge in [0, 0.05) is 5.69 Å². The Balaban J connectivity index is 1.78. The average Bonchev–Trinajstić information content (AvgIpc) is 2.79. The van der Waals surface area contributed by atoms with Crippen molar-refractivity contribution in [3.63, 3.8) is 0 Å². The SMILES string of the molecule is CCOc1cc(/C=C(/C#N)C(=O)Nc2ccccc2C)ccc1OCc1ccc(F)cc1. The number of halogens is 1. The van der Waals surface area contributed by atoms with Gasteiger partial charge in [-0.1, -0.05) is 36.4 Å². The highest BCUT2D eigenvalue weighted by Crippen LogP contribution is 2.30. The average molecular weight is 430 g/mol. The number of benzene rings is 3. The molecule has 0 heterocycles.